The second-order valence-corrected chi connectivity index (χ2v) is 17.7. The van der Waals surface area contributed by atoms with E-state index in [0.717, 1.165) is 0 Å². The summed E-state index contributed by atoms with van der Waals surface area (Å²) in [5.41, 5.74) is -5.20. The Labute approximate surface area is 160 Å². The van der Waals surface area contributed by atoms with Crippen LogP contribution in [0.2, 0.25) is 0 Å². The molecule has 0 aromatic carbocycles. The van der Waals surface area contributed by atoms with Crippen LogP contribution in [0.3, 0.4) is 0 Å². The number of aliphatic hydroxyl groups is 1. The molecule has 0 saturated heterocycles. The average molecular weight is 624 g/mol. The third-order valence-corrected chi connectivity index (χ3v) is 11.2. The summed E-state index contributed by atoms with van der Waals surface area (Å²) in [4.78, 5) is 31.2. The molecule has 0 fully saturated rings. The van der Waals surface area contributed by atoms with Crippen LogP contribution in [0, 0.1) is 0 Å². The standard InChI is InChI=1S/C13H20F6I2O5/c1-20(2)5-8(21(3)4)10(23)25-6-9(22)26-7-11(24,12(14,15)16)13(17,18)19/h8,24H,5-7H2,1-4H3. The van der Waals surface area contributed by atoms with Gasteiger partial charge in [0.1, 0.15) is 0 Å². The number of hydrogen-bond donors (Lipinski definition) is 1. The van der Waals surface area contributed by atoms with Gasteiger partial charge in [-0.1, -0.05) is 0 Å². The molecule has 26 heavy (non-hydrogen) atoms. The number of alkyl halides is 12. The summed E-state index contributed by atoms with van der Waals surface area (Å²) in [6.45, 7) is -3.49. The van der Waals surface area contributed by atoms with Crippen LogP contribution in [0.15, 0.2) is 0 Å². The molecule has 0 bridgehead atoms. The molecule has 1 N–H and O–H groups in total. The molecule has 1 unspecified atom stereocenters. The molecule has 0 aliphatic heterocycles. The average Bonchev–Trinajstić information content (AvgIpc) is 2.44. The van der Waals surface area contributed by atoms with Gasteiger partial charge in [-0.05, 0) is 0 Å². The molecule has 0 aromatic heterocycles. The zero-order valence-electron chi connectivity index (χ0n) is 14.3. The van der Waals surface area contributed by atoms with E-state index in [-0.39, 0.29) is 3.92 Å². The van der Waals surface area contributed by atoms with E-state index in [0.29, 0.717) is 4.43 Å². The number of hydrogen-bond acceptors (Lipinski definition) is 5. The van der Waals surface area contributed by atoms with Crippen molar-refractivity contribution in [3.63, 3.8) is 0 Å². The molecule has 0 aromatic rings. The number of halogens is 8. The van der Waals surface area contributed by atoms with Crippen molar-refractivity contribution in [2.75, 3.05) is 37.4 Å². The fraction of sp³-hybridized carbons (Fsp3) is 0.846. The molecule has 0 amide bonds. The van der Waals surface area contributed by atoms with Gasteiger partial charge in [0.15, 0.2) is 0 Å². The maximum atomic E-state index is 12.4. The normalized spacial score (nSPS) is 15.2. The Hall–Kier alpha value is -0.0600. The van der Waals surface area contributed by atoms with Gasteiger partial charge in [0.25, 0.3) is 0 Å². The molecule has 158 valence electrons. The van der Waals surface area contributed by atoms with Crippen LogP contribution in [0.5, 0.6) is 0 Å². The van der Waals surface area contributed by atoms with E-state index in [1.54, 1.807) is 0 Å². The molecule has 0 heterocycles. The van der Waals surface area contributed by atoms with Crippen LogP contribution in [0.4, 0.5) is 26.3 Å². The number of rotatable bonds is 8. The zero-order chi connectivity index (χ0) is 20.9. The summed E-state index contributed by atoms with van der Waals surface area (Å²) in [6.07, 6.45) is -12.2. The number of carbonyl (C=O) groups excluding carboxylic acids is 2. The van der Waals surface area contributed by atoms with E-state index in [4.69, 9.17) is 5.11 Å². The molecule has 1 atom stereocenters. The summed E-state index contributed by atoms with van der Waals surface area (Å²) in [7, 11) is 0. The van der Waals surface area contributed by atoms with Crippen molar-refractivity contribution in [3.05, 3.63) is 0 Å². The molecule has 0 radical (unpaired) electrons. The number of esters is 2. The van der Waals surface area contributed by atoms with Gasteiger partial charge in [-0.3, -0.25) is 0 Å². The van der Waals surface area contributed by atoms with E-state index in [1.165, 1.54) is 0 Å². The molecule has 0 spiro atoms. The van der Waals surface area contributed by atoms with E-state index < -0.39 is 82.7 Å². The Morgan fingerprint density at radius 3 is 1.77 bits per heavy atom. The van der Waals surface area contributed by atoms with Gasteiger partial charge in [-0.25, -0.2) is 0 Å². The van der Waals surface area contributed by atoms with Crippen molar-refractivity contribution in [1.29, 1.82) is 0 Å². The third-order valence-electron chi connectivity index (χ3n) is 2.94. The van der Waals surface area contributed by atoms with Crippen molar-refractivity contribution in [1.82, 2.24) is 0 Å². The summed E-state index contributed by atoms with van der Waals surface area (Å²) >= 11 is -2.94. The molecule has 0 aliphatic carbocycles. The monoisotopic (exact) mass is 624 g/mol. The van der Waals surface area contributed by atoms with Gasteiger partial charge in [0.05, 0.1) is 0 Å². The van der Waals surface area contributed by atoms with Crippen LogP contribution in [-0.2, 0) is 19.1 Å². The van der Waals surface area contributed by atoms with Gasteiger partial charge in [-0.2, -0.15) is 0 Å². The summed E-state index contributed by atoms with van der Waals surface area (Å²) in [5, 5.41) is 8.85. The topological polar surface area (TPSA) is 72.8 Å². The maximum absolute atomic E-state index is 12.4. The van der Waals surface area contributed by atoms with E-state index in [1.807, 2.05) is 19.7 Å². The molecule has 0 saturated carbocycles. The van der Waals surface area contributed by atoms with Crippen LogP contribution in [0.1, 0.15) is 0 Å². The van der Waals surface area contributed by atoms with E-state index in [9.17, 15) is 35.9 Å². The van der Waals surface area contributed by atoms with Crippen molar-refractivity contribution in [3.8, 4) is 0 Å². The Balaban J connectivity index is 4.78. The molecule has 0 rings (SSSR count). The molecule has 0 aliphatic rings. The first kappa shape index (κ1) is 25.9. The Morgan fingerprint density at radius 2 is 1.42 bits per heavy atom. The van der Waals surface area contributed by atoms with E-state index >= 15 is 0 Å². The Bertz CT molecular complexity index is 478. The minimum atomic E-state index is -6.10. The first-order valence-corrected chi connectivity index (χ1v) is 18.1. The van der Waals surface area contributed by atoms with Gasteiger partial charge in [0.2, 0.25) is 0 Å². The van der Waals surface area contributed by atoms with Gasteiger partial charge >= 0.3 is 161 Å². The Morgan fingerprint density at radius 1 is 0.962 bits per heavy atom. The second kappa shape index (κ2) is 9.93. The van der Waals surface area contributed by atoms with Crippen LogP contribution in [0.25, 0.3) is 0 Å². The fourth-order valence-electron chi connectivity index (χ4n) is 1.40. The summed E-state index contributed by atoms with van der Waals surface area (Å²) in [5.74, 6) is -2.31. The fourth-order valence-corrected chi connectivity index (χ4v) is 14.1. The quantitative estimate of drug-likeness (QED) is 0.195. The van der Waals surface area contributed by atoms with Crippen LogP contribution in [-0.4, -0.2) is 76.3 Å². The van der Waals surface area contributed by atoms with E-state index in [2.05, 4.69) is 9.47 Å². The second-order valence-electron chi connectivity index (χ2n) is 5.47. The molecular weight excluding hydrogens is 604 g/mol. The first-order valence-electron chi connectivity index (χ1n) is 6.65. The van der Waals surface area contributed by atoms with Crippen molar-refractivity contribution >= 4 is 51.6 Å². The molecule has 5 nitrogen and oxygen atoms in total. The van der Waals surface area contributed by atoms with Crippen molar-refractivity contribution in [2.24, 2.45) is 0 Å². The zero-order valence-corrected chi connectivity index (χ0v) is 18.6. The minimum absolute atomic E-state index is 0.366. The third kappa shape index (κ3) is 7.52. The van der Waals surface area contributed by atoms with Gasteiger partial charge < -0.3 is 0 Å². The Kier molecular flexibility index (Phi) is 9.91. The van der Waals surface area contributed by atoms with Crippen molar-refractivity contribution < 1.29 is 50.5 Å². The molecule has 13 heteroatoms. The SMILES string of the molecule is CI(C)CC(C(=O)OCC(=O)OCC(O)(C(F)(F)F)C(F)(F)F)I(C)C. The first-order chi connectivity index (χ1) is 11.5. The van der Waals surface area contributed by atoms with Crippen LogP contribution < -0.4 is 0 Å². The predicted molar refractivity (Wildman–Crippen MR) is 99.4 cm³/mol. The number of carbonyl (C=O) groups is 2. The van der Waals surface area contributed by atoms with Gasteiger partial charge in [0, 0.05) is 0 Å². The molecular formula is C13H20F6I2O5. The van der Waals surface area contributed by atoms with Crippen LogP contribution >= 0.6 is 39.6 Å². The summed E-state index contributed by atoms with van der Waals surface area (Å²) < 4.78 is 83.5. The number of ether oxygens (including phenoxy) is 2. The predicted octanol–water partition coefficient (Wildman–Crippen LogP) is 2.83. The van der Waals surface area contributed by atoms with Crippen molar-refractivity contribution in [2.45, 2.75) is 21.9 Å². The van der Waals surface area contributed by atoms with Gasteiger partial charge in [-0.15, -0.1) is 0 Å². The summed E-state index contributed by atoms with van der Waals surface area (Å²) in [6, 6.07) is 0.